The summed E-state index contributed by atoms with van der Waals surface area (Å²) >= 11 is 0. The van der Waals surface area contributed by atoms with Crippen LogP contribution in [0.15, 0.2) is 34.6 Å². The number of benzene rings is 1. The van der Waals surface area contributed by atoms with Crippen LogP contribution in [0.2, 0.25) is 0 Å². The molecule has 1 rings (SSSR count). The molecule has 96 valence electrons. The zero-order valence-electron chi connectivity index (χ0n) is 8.78. The van der Waals surface area contributed by atoms with Gasteiger partial charge in [0.15, 0.2) is 0 Å². The van der Waals surface area contributed by atoms with Crippen LogP contribution in [-0.4, -0.2) is 55.5 Å². The third-order valence-electron chi connectivity index (χ3n) is 1.97. The van der Waals surface area contributed by atoms with Crippen molar-refractivity contribution in [2.45, 2.75) is 16.7 Å². The van der Waals surface area contributed by atoms with Gasteiger partial charge in [0, 0.05) is 0 Å². The van der Waals surface area contributed by atoms with E-state index in [1.165, 1.54) is 19.1 Å². The molecule has 0 aliphatic carbocycles. The third kappa shape index (κ3) is 3.89. The van der Waals surface area contributed by atoms with Crippen molar-refractivity contribution in [1.29, 1.82) is 0 Å². The summed E-state index contributed by atoms with van der Waals surface area (Å²) in [4.78, 5) is -1.74. The SMILES string of the molecule is C=C(C)c1cccc(S(=O)(=O)O)c1S(=O)(=O)O.[NaH]. The summed E-state index contributed by atoms with van der Waals surface area (Å²) in [6, 6.07) is 3.40. The van der Waals surface area contributed by atoms with Gasteiger partial charge < -0.3 is 0 Å². The summed E-state index contributed by atoms with van der Waals surface area (Å²) in [5, 5.41) is 0. The van der Waals surface area contributed by atoms with Crippen molar-refractivity contribution >= 4 is 55.4 Å². The molecule has 9 heteroatoms. The molecule has 0 fully saturated rings. The zero-order chi connectivity index (χ0) is 13.4. The topological polar surface area (TPSA) is 109 Å². The second-order valence-electron chi connectivity index (χ2n) is 3.36. The fourth-order valence-corrected chi connectivity index (χ4v) is 3.39. The van der Waals surface area contributed by atoms with E-state index >= 15 is 0 Å². The van der Waals surface area contributed by atoms with Gasteiger partial charge in [-0.3, -0.25) is 9.11 Å². The minimum atomic E-state index is -4.79. The van der Waals surface area contributed by atoms with E-state index in [2.05, 4.69) is 6.58 Å². The Morgan fingerprint density at radius 2 is 1.61 bits per heavy atom. The molecule has 0 atom stereocenters. The maximum atomic E-state index is 11.2. The summed E-state index contributed by atoms with van der Waals surface area (Å²) < 4.78 is 62.3. The zero-order valence-corrected chi connectivity index (χ0v) is 10.4. The summed E-state index contributed by atoms with van der Waals surface area (Å²) in [5.41, 5.74) is 0.172. The van der Waals surface area contributed by atoms with Crippen LogP contribution in [0.25, 0.3) is 5.57 Å². The van der Waals surface area contributed by atoms with E-state index in [4.69, 9.17) is 9.11 Å². The molecule has 0 aromatic heterocycles. The van der Waals surface area contributed by atoms with Gasteiger partial charge in [0.05, 0.1) is 0 Å². The average molecular weight is 302 g/mol. The first-order valence-electron chi connectivity index (χ1n) is 4.29. The number of hydrogen-bond acceptors (Lipinski definition) is 4. The van der Waals surface area contributed by atoms with Crippen LogP contribution in [-0.2, 0) is 20.2 Å². The van der Waals surface area contributed by atoms with Gasteiger partial charge >= 0.3 is 29.6 Å². The van der Waals surface area contributed by atoms with E-state index in [0.29, 0.717) is 0 Å². The molecule has 0 saturated carbocycles. The fraction of sp³-hybridized carbons (Fsp3) is 0.111. The summed E-state index contributed by atoms with van der Waals surface area (Å²) in [6.45, 7) is 4.91. The van der Waals surface area contributed by atoms with Crippen molar-refractivity contribution in [1.82, 2.24) is 0 Å². The number of hydrogen-bond donors (Lipinski definition) is 2. The Kier molecular flexibility index (Phi) is 5.75. The molecule has 0 spiro atoms. The molecule has 0 amide bonds. The van der Waals surface area contributed by atoms with Crippen molar-refractivity contribution in [3.8, 4) is 0 Å². The normalized spacial score (nSPS) is 11.7. The van der Waals surface area contributed by atoms with Gasteiger partial charge in [0.1, 0.15) is 9.79 Å². The van der Waals surface area contributed by atoms with Crippen LogP contribution in [0, 0.1) is 0 Å². The second kappa shape index (κ2) is 5.83. The molecule has 0 heterocycles. The van der Waals surface area contributed by atoms with E-state index in [9.17, 15) is 16.8 Å². The quantitative estimate of drug-likeness (QED) is 0.624. The molecular weight excluding hydrogens is 291 g/mol. The van der Waals surface area contributed by atoms with Crippen molar-refractivity contribution in [2.24, 2.45) is 0 Å². The predicted octanol–water partition coefficient (Wildman–Crippen LogP) is 0.565. The molecule has 0 aliphatic heterocycles. The number of rotatable bonds is 3. The summed E-state index contributed by atoms with van der Waals surface area (Å²) in [6.07, 6.45) is 0. The molecule has 6 nitrogen and oxygen atoms in total. The van der Waals surface area contributed by atoms with E-state index in [-0.39, 0.29) is 40.7 Å². The Balaban J connectivity index is 0.00000289. The van der Waals surface area contributed by atoms with Crippen LogP contribution in [0.3, 0.4) is 0 Å². The van der Waals surface area contributed by atoms with Crippen molar-refractivity contribution in [3.05, 3.63) is 30.3 Å². The van der Waals surface area contributed by atoms with Crippen molar-refractivity contribution < 1.29 is 25.9 Å². The molecular formula is C9H11NaO6S2. The molecule has 0 bridgehead atoms. The average Bonchev–Trinajstić information content (AvgIpc) is 2.13. The molecule has 0 radical (unpaired) electrons. The Hall–Kier alpha value is -0.220. The first kappa shape index (κ1) is 17.8. The first-order valence-corrected chi connectivity index (χ1v) is 7.17. The molecule has 0 aliphatic rings. The summed E-state index contributed by atoms with van der Waals surface area (Å²) in [7, 11) is -9.55. The van der Waals surface area contributed by atoms with Crippen LogP contribution in [0.5, 0.6) is 0 Å². The summed E-state index contributed by atoms with van der Waals surface area (Å²) in [5.74, 6) is 0. The van der Waals surface area contributed by atoms with Gasteiger partial charge in [-0.15, -0.1) is 0 Å². The molecule has 18 heavy (non-hydrogen) atoms. The molecule has 2 N–H and O–H groups in total. The van der Waals surface area contributed by atoms with Gasteiger partial charge in [-0.25, -0.2) is 0 Å². The fourth-order valence-electron chi connectivity index (χ4n) is 1.32. The molecule has 0 unspecified atom stereocenters. The maximum absolute atomic E-state index is 11.2. The van der Waals surface area contributed by atoms with E-state index in [1.54, 1.807) is 0 Å². The van der Waals surface area contributed by atoms with Crippen LogP contribution in [0.1, 0.15) is 12.5 Å². The van der Waals surface area contributed by atoms with Crippen molar-refractivity contribution in [2.75, 3.05) is 0 Å². The predicted molar refractivity (Wildman–Crippen MR) is 67.9 cm³/mol. The van der Waals surface area contributed by atoms with Gasteiger partial charge in [0.2, 0.25) is 0 Å². The monoisotopic (exact) mass is 302 g/mol. The van der Waals surface area contributed by atoms with E-state index in [0.717, 1.165) is 6.07 Å². The van der Waals surface area contributed by atoms with Gasteiger partial charge in [0.25, 0.3) is 20.2 Å². The van der Waals surface area contributed by atoms with Crippen LogP contribution < -0.4 is 0 Å². The molecule has 1 aromatic carbocycles. The van der Waals surface area contributed by atoms with E-state index in [1.807, 2.05) is 0 Å². The van der Waals surface area contributed by atoms with Crippen LogP contribution in [0.4, 0.5) is 0 Å². The molecule has 0 saturated heterocycles. The van der Waals surface area contributed by atoms with E-state index < -0.39 is 30.0 Å². The second-order valence-corrected chi connectivity index (χ2v) is 6.11. The Bertz CT molecular complexity index is 675. The standard InChI is InChI=1S/C9H10O6S2.Na.H/c1-6(2)7-4-3-5-8(16(10,11)12)9(7)17(13,14)15;;/h3-5H,1H2,2H3,(H,10,11,12)(H,13,14,15);;. The first-order chi connectivity index (χ1) is 7.55. The van der Waals surface area contributed by atoms with Crippen molar-refractivity contribution in [3.63, 3.8) is 0 Å². The third-order valence-corrected chi connectivity index (χ3v) is 3.96. The number of allylic oxidation sites excluding steroid dienone is 1. The molecule has 1 aromatic rings. The Morgan fingerprint density at radius 1 is 1.11 bits per heavy atom. The Labute approximate surface area is 128 Å². The Morgan fingerprint density at radius 3 is 1.94 bits per heavy atom. The van der Waals surface area contributed by atoms with Gasteiger partial charge in [-0.1, -0.05) is 18.7 Å². The van der Waals surface area contributed by atoms with Crippen LogP contribution >= 0.6 is 0 Å². The van der Waals surface area contributed by atoms with Gasteiger partial charge in [-0.2, -0.15) is 16.8 Å². The minimum absolute atomic E-state index is 0. The van der Waals surface area contributed by atoms with Gasteiger partial charge in [-0.05, 0) is 24.1 Å².